The Kier molecular flexibility index (Phi) is 3.25. The van der Waals surface area contributed by atoms with Crippen molar-refractivity contribution in [2.75, 3.05) is 25.6 Å². The van der Waals surface area contributed by atoms with Crippen molar-refractivity contribution >= 4 is 16.8 Å². The van der Waals surface area contributed by atoms with Crippen LogP contribution in [0.5, 0.6) is 5.75 Å². The van der Waals surface area contributed by atoms with Crippen LogP contribution in [0.1, 0.15) is 6.92 Å². The van der Waals surface area contributed by atoms with E-state index in [4.69, 9.17) is 14.6 Å². The molecule has 3 rings (SSSR count). The summed E-state index contributed by atoms with van der Waals surface area (Å²) >= 11 is 0. The summed E-state index contributed by atoms with van der Waals surface area (Å²) in [5.41, 5.74) is 3.23. The zero-order valence-corrected chi connectivity index (χ0v) is 12.3. The highest BCUT2D eigenvalue weighted by atomic mass is 16.5. The second-order valence-corrected chi connectivity index (χ2v) is 5.01. The number of hydrogen-bond donors (Lipinski definition) is 1. The molecular weight excluding hydrogens is 266 g/mol. The van der Waals surface area contributed by atoms with Crippen molar-refractivity contribution in [2.45, 2.75) is 6.92 Å². The molecule has 108 valence electrons. The van der Waals surface area contributed by atoms with E-state index in [2.05, 4.69) is 4.98 Å². The topological polar surface area (TPSA) is 62.4 Å². The van der Waals surface area contributed by atoms with E-state index >= 15 is 0 Å². The van der Waals surface area contributed by atoms with Gasteiger partial charge in [-0.1, -0.05) is 0 Å². The van der Waals surface area contributed by atoms with Crippen molar-refractivity contribution in [3.8, 4) is 17.2 Å². The maximum Gasteiger partial charge on any atom is 0.155 e. The maximum atomic E-state index is 7.95. The molecule has 1 aliphatic heterocycles. The quantitative estimate of drug-likeness (QED) is 0.751. The number of fused-ring (bicyclic) bond motifs is 2. The molecule has 1 aromatic carbocycles. The molecule has 0 aromatic heterocycles. The highest BCUT2D eigenvalue weighted by Gasteiger charge is 2.12. The lowest BCUT2D eigenvalue weighted by Crippen LogP contribution is -2.09. The SMILES string of the molecule is CCOc1cc2nc3ccc(N(C)C)cc3oc-2cc1=N. The predicted octanol–water partition coefficient (Wildman–Crippen LogP) is 2.88. The van der Waals surface area contributed by atoms with Gasteiger partial charge in [0, 0.05) is 38.0 Å². The zero-order chi connectivity index (χ0) is 15.0. The fourth-order valence-electron chi connectivity index (χ4n) is 2.20. The first-order chi connectivity index (χ1) is 10.1. The molecule has 0 fully saturated rings. The van der Waals surface area contributed by atoms with Crippen molar-refractivity contribution < 1.29 is 9.15 Å². The van der Waals surface area contributed by atoms with Crippen LogP contribution in [-0.4, -0.2) is 25.7 Å². The Bertz CT molecular complexity index is 824. The summed E-state index contributed by atoms with van der Waals surface area (Å²) in [6.07, 6.45) is 0. The van der Waals surface area contributed by atoms with Crippen molar-refractivity contribution in [1.82, 2.24) is 4.98 Å². The summed E-state index contributed by atoms with van der Waals surface area (Å²) in [6.45, 7) is 2.42. The van der Waals surface area contributed by atoms with Gasteiger partial charge in [0.2, 0.25) is 0 Å². The standard InChI is InChI=1S/C16H17N3O2/c1-4-20-14-9-13-16(8-11(14)17)21-15-7-10(19(2)3)5-6-12(15)18-13/h5-9,17H,4H2,1-3H3. The molecule has 1 heterocycles. The second-order valence-electron chi connectivity index (χ2n) is 5.01. The van der Waals surface area contributed by atoms with Gasteiger partial charge in [0.1, 0.15) is 17.0 Å². The molecule has 0 atom stereocenters. The van der Waals surface area contributed by atoms with E-state index in [9.17, 15) is 0 Å². The summed E-state index contributed by atoms with van der Waals surface area (Å²) in [4.78, 5) is 6.59. The number of hydrogen-bond acceptors (Lipinski definition) is 5. The van der Waals surface area contributed by atoms with Crippen molar-refractivity contribution in [3.63, 3.8) is 0 Å². The Morgan fingerprint density at radius 1 is 1.24 bits per heavy atom. The van der Waals surface area contributed by atoms with E-state index in [1.807, 2.05) is 44.1 Å². The average molecular weight is 283 g/mol. The summed E-state index contributed by atoms with van der Waals surface area (Å²) < 4.78 is 11.3. The van der Waals surface area contributed by atoms with Crippen LogP contribution in [0.3, 0.4) is 0 Å². The highest BCUT2D eigenvalue weighted by Crippen LogP contribution is 2.28. The lowest BCUT2D eigenvalue weighted by atomic mass is 10.2. The minimum Gasteiger partial charge on any atom is -0.492 e. The first kappa shape index (κ1) is 13.4. The van der Waals surface area contributed by atoms with Gasteiger partial charge in [0.25, 0.3) is 0 Å². The minimum absolute atomic E-state index is 0.304. The van der Waals surface area contributed by atoms with E-state index in [0.29, 0.717) is 34.8 Å². The summed E-state index contributed by atoms with van der Waals surface area (Å²) in [6, 6.07) is 9.28. The van der Waals surface area contributed by atoms with Crippen molar-refractivity contribution in [3.05, 3.63) is 35.7 Å². The Hall–Kier alpha value is -2.56. The molecule has 0 amide bonds. The van der Waals surface area contributed by atoms with Gasteiger partial charge in [-0.3, -0.25) is 5.41 Å². The number of rotatable bonds is 3. The molecule has 0 unspecified atom stereocenters. The molecule has 0 spiro atoms. The third kappa shape index (κ3) is 2.42. The Morgan fingerprint density at radius 3 is 2.76 bits per heavy atom. The summed E-state index contributed by atoms with van der Waals surface area (Å²) in [5, 5.41) is 8.26. The van der Waals surface area contributed by atoms with Crippen LogP contribution in [-0.2, 0) is 0 Å². The van der Waals surface area contributed by atoms with Crippen LogP contribution in [0.15, 0.2) is 34.7 Å². The third-order valence-corrected chi connectivity index (χ3v) is 3.28. The third-order valence-electron chi connectivity index (χ3n) is 3.28. The van der Waals surface area contributed by atoms with Crippen molar-refractivity contribution in [2.24, 2.45) is 0 Å². The number of benzene rings is 2. The van der Waals surface area contributed by atoms with Gasteiger partial charge in [-0.25, -0.2) is 4.98 Å². The first-order valence-electron chi connectivity index (χ1n) is 6.82. The number of nitrogens with one attached hydrogen (secondary N) is 1. The molecular formula is C16H17N3O2. The molecule has 1 aromatic rings. The number of aromatic nitrogens is 1. The molecule has 0 saturated heterocycles. The van der Waals surface area contributed by atoms with Gasteiger partial charge in [0.05, 0.1) is 12.0 Å². The number of anilines is 1. The van der Waals surface area contributed by atoms with E-state index < -0.39 is 0 Å². The molecule has 0 bridgehead atoms. The smallest absolute Gasteiger partial charge is 0.155 e. The lowest BCUT2D eigenvalue weighted by Gasteiger charge is -2.14. The van der Waals surface area contributed by atoms with E-state index in [0.717, 1.165) is 11.2 Å². The van der Waals surface area contributed by atoms with Crippen LogP contribution in [0.2, 0.25) is 0 Å². The molecule has 5 nitrogen and oxygen atoms in total. The van der Waals surface area contributed by atoms with Crippen LogP contribution < -0.4 is 15.0 Å². The molecule has 1 N–H and O–H groups in total. The molecule has 0 radical (unpaired) electrons. The molecule has 5 heteroatoms. The fourth-order valence-corrected chi connectivity index (χ4v) is 2.20. The number of ether oxygens (including phenoxy) is 1. The van der Waals surface area contributed by atoms with E-state index in [-0.39, 0.29) is 0 Å². The van der Waals surface area contributed by atoms with Crippen molar-refractivity contribution in [1.29, 1.82) is 5.41 Å². The fraction of sp³-hybridized carbons (Fsp3) is 0.250. The average Bonchev–Trinajstić information content (AvgIpc) is 2.45. The van der Waals surface area contributed by atoms with Gasteiger partial charge in [0.15, 0.2) is 11.3 Å². The largest absolute Gasteiger partial charge is 0.492 e. The van der Waals surface area contributed by atoms with E-state index in [1.165, 1.54) is 0 Å². The van der Waals surface area contributed by atoms with Gasteiger partial charge in [-0.2, -0.15) is 0 Å². The number of nitrogens with zero attached hydrogens (tertiary/aromatic N) is 2. The van der Waals surface area contributed by atoms with Gasteiger partial charge in [-0.05, 0) is 19.1 Å². The monoisotopic (exact) mass is 283 g/mol. The molecule has 21 heavy (non-hydrogen) atoms. The summed E-state index contributed by atoms with van der Waals surface area (Å²) in [7, 11) is 3.96. The highest BCUT2D eigenvalue weighted by molar-refractivity contribution is 5.80. The zero-order valence-electron chi connectivity index (χ0n) is 12.3. The summed E-state index contributed by atoms with van der Waals surface area (Å²) in [5.74, 6) is 1.11. The predicted molar refractivity (Wildman–Crippen MR) is 82.0 cm³/mol. The Morgan fingerprint density at radius 2 is 2.05 bits per heavy atom. The van der Waals surface area contributed by atoms with Crippen LogP contribution in [0.4, 0.5) is 5.69 Å². The van der Waals surface area contributed by atoms with Gasteiger partial charge >= 0.3 is 0 Å². The minimum atomic E-state index is 0.304. The lowest BCUT2D eigenvalue weighted by molar-refractivity contribution is 0.335. The molecule has 0 saturated carbocycles. The maximum absolute atomic E-state index is 7.95. The Balaban J connectivity index is 2.23. The van der Waals surface area contributed by atoms with Gasteiger partial charge < -0.3 is 14.1 Å². The molecule has 1 aliphatic carbocycles. The van der Waals surface area contributed by atoms with E-state index in [1.54, 1.807) is 12.1 Å². The normalized spacial score (nSPS) is 11.0. The van der Waals surface area contributed by atoms with Crippen LogP contribution in [0, 0.1) is 5.41 Å². The second kappa shape index (κ2) is 5.09. The molecule has 2 aliphatic rings. The van der Waals surface area contributed by atoms with Gasteiger partial charge in [-0.15, -0.1) is 0 Å². The van der Waals surface area contributed by atoms with Crippen LogP contribution in [0.25, 0.3) is 22.6 Å². The van der Waals surface area contributed by atoms with Crippen LogP contribution >= 0.6 is 0 Å². The first-order valence-corrected chi connectivity index (χ1v) is 6.82. The Labute approximate surface area is 122 Å².